The molecule has 1 aromatic rings. The molecule has 0 fully saturated rings. The van der Waals surface area contributed by atoms with E-state index in [9.17, 15) is 9.59 Å². The summed E-state index contributed by atoms with van der Waals surface area (Å²) < 4.78 is 4.92. The third-order valence-electron chi connectivity index (χ3n) is 2.20. The molecule has 0 radical (unpaired) electrons. The minimum absolute atomic E-state index is 0. The molecule has 0 saturated carbocycles. The first-order chi connectivity index (χ1) is 9.92. The van der Waals surface area contributed by atoms with Gasteiger partial charge in [0.25, 0.3) is 0 Å². The van der Waals surface area contributed by atoms with E-state index >= 15 is 0 Å². The summed E-state index contributed by atoms with van der Waals surface area (Å²) in [5.74, 6) is -1.06. The Bertz CT molecular complexity index is 533. The van der Waals surface area contributed by atoms with Gasteiger partial charge in [0, 0.05) is 17.1 Å². The monoisotopic (exact) mass is 497 g/mol. The van der Waals surface area contributed by atoms with Crippen LogP contribution in [0.3, 0.4) is 0 Å². The molecule has 1 amide bonds. The molecule has 132 valence electrons. The maximum atomic E-state index is 11.1. The van der Waals surface area contributed by atoms with Crippen LogP contribution in [-0.4, -0.2) is 41.3 Å². The number of halogens is 2. The van der Waals surface area contributed by atoms with Crippen LogP contribution in [0.2, 0.25) is 10.0 Å². The van der Waals surface area contributed by atoms with Crippen LogP contribution in [0.15, 0.2) is 18.2 Å². The van der Waals surface area contributed by atoms with Crippen LogP contribution < -0.4 is 68.9 Å². The zero-order valence-electron chi connectivity index (χ0n) is 15.3. The van der Waals surface area contributed by atoms with Gasteiger partial charge in [0.05, 0.1) is 0 Å². The standard InChI is InChI=1S/C8H15NO4.C7H6Cl2.CH3.Cs/c1-8(2,3)13-7(12)9(4)5-6(10)11;1-5-4-6(8)2-3-7(5)9;;/h5H2,1-4H3,(H,10,11);2-4H,1H3;1H3;/q;;-1;+1. The summed E-state index contributed by atoms with van der Waals surface area (Å²) in [5, 5.41) is 9.88. The fourth-order valence-corrected chi connectivity index (χ4v) is 1.56. The van der Waals surface area contributed by atoms with Crippen molar-refractivity contribution in [1.29, 1.82) is 0 Å². The number of benzene rings is 1. The van der Waals surface area contributed by atoms with Crippen molar-refractivity contribution < 1.29 is 88.3 Å². The maximum Gasteiger partial charge on any atom is 1.00 e. The molecule has 1 rings (SSSR count). The molecular weight excluding hydrogens is 474 g/mol. The second-order valence-electron chi connectivity index (χ2n) is 5.62. The molecule has 0 saturated heterocycles. The molecule has 0 aliphatic carbocycles. The Hall–Kier alpha value is 0.592. The van der Waals surface area contributed by atoms with Gasteiger partial charge in [-0.05, 0) is 51.5 Å². The Kier molecular flexibility index (Phi) is 16.8. The van der Waals surface area contributed by atoms with Gasteiger partial charge in [-0.3, -0.25) is 4.79 Å². The van der Waals surface area contributed by atoms with Gasteiger partial charge in [-0.15, -0.1) is 0 Å². The van der Waals surface area contributed by atoms with Crippen LogP contribution in [0.1, 0.15) is 26.3 Å². The molecular formula is C16H24Cl2CsNO4. The largest absolute Gasteiger partial charge is 1.00 e. The number of aliphatic carboxylic acids is 1. The Morgan fingerprint density at radius 3 is 2.08 bits per heavy atom. The molecule has 0 bridgehead atoms. The fourth-order valence-electron chi connectivity index (χ4n) is 1.22. The Morgan fingerprint density at radius 2 is 1.75 bits per heavy atom. The minimum atomic E-state index is -1.06. The number of ether oxygens (including phenoxy) is 1. The van der Waals surface area contributed by atoms with Gasteiger partial charge >= 0.3 is 81.0 Å². The third-order valence-corrected chi connectivity index (χ3v) is 2.86. The minimum Gasteiger partial charge on any atom is -0.480 e. The second-order valence-corrected chi connectivity index (χ2v) is 6.47. The Morgan fingerprint density at radius 1 is 1.25 bits per heavy atom. The molecule has 0 atom stereocenters. The molecule has 24 heavy (non-hydrogen) atoms. The van der Waals surface area contributed by atoms with Crippen molar-refractivity contribution in [2.45, 2.75) is 33.3 Å². The van der Waals surface area contributed by atoms with E-state index in [2.05, 4.69) is 0 Å². The normalized spacial score (nSPS) is 9.46. The summed E-state index contributed by atoms with van der Waals surface area (Å²) in [6.07, 6.45) is -0.630. The van der Waals surface area contributed by atoms with Crippen LogP contribution in [0.4, 0.5) is 4.79 Å². The van der Waals surface area contributed by atoms with Gasteiger partial charge in [0.15, 0.2) is 0 Å². The van der Waals surface area contributed by atoms with Gasteiger partial charge in [-0.1, -0.05) is 23.2 Å². The number of aryl methyl sites for hydroxylation is 1. The average molecular weight is 498 g/mol. The first-order valence-electron chi connectivity index (χ1n) is 6.50. The van der Waals surface area contributed by atoms with Gasteiger partial charge in [-0.2, -0.15) is 0 Å². The van der Waals surface area contributed by atoms with Crippen molar-refractivity contribution in [3.05, 3.63) is 41.2 Å². The predicted molar refractivity (Wildman–Crippen MR) is 94.1 cm³/mol. The van der Waals surface area contributed by atoms with Gasteiger partial charge in [0.2, 0.25) is 0 Å². The second kappa shape index (κ2) is 13.8. The zero-order valence-corrected chi connectivity index (χ0v) is 23.1. The van der Waals surface area contributed by atoms with Crippen molar-refractivity contribution in [2.75, 3.05) is 13.6 Å². The van der Waals surface area contributed by atoms with Gasteiger partial charge in [-0.25, -0.2) is 4.79 Å². The molecule has 1 N–H and O–H groups in total. The van der Waals surface area contributed by atoms with E-state index in [1.54, 1.807) is 32.9 Å². The molecule has 5 nitrogen and oxygen atoms in total. The SMILES string of the molecule is CN(CC(=O)O)C(=O)OC(C)(C)C.Cc1cc(Cl)ccc1Cl.[CH3-].[Cs+]. The van der Waals surface area contributed by atoms with E-state index in [-0.39, 0.29) is 82.9 Å². The third kappa shape index (κ3) is 14.9. The number of carbonyl (C=O) groups excluding carboxylic acids is 1. The molecule has 0 unspecified atom stereocenters. The maximum absolute atomic E-state index is 11.1. The number of nitrogens with zero attached hydrogens (tertiary/aromatic N) is 1. The first-order valence-corrected chi connectivity index (χ1v) is 7.25. The number of carboxylic acid groups (broad SMARTS) is 1. The number of rotatable bonds is 2. The van der Waals surface area contributed by atoms with Crippen LogP contribution in [-0.2, 0) is 9.53 Å². The topological polar surface area (TPSA) is 66.8 Å². The van der Waals surface area contributed by atoms with Crippen molar-refractivity contribution >= 4 is 35.3 Å². The fraction of sp³-hybridized carbons (Fsp3) is 0.438. The Balaban J connectivity index is -0.000000355. The number of likely N-dealkylation sites (N-methyl/N-ethyl adjacent to an activating group) is 1. The summed E-state index contributed by atoms with van der Waals surface area (Å²) in [6, 6.07) is 5.40. The number of hydrogen-bond donors (Lipinski definition) is 1. The number of carbonyl (C=O) groups is 2. The molecule has 0 spiro atoms. The van der Waals surface area contributed by atoms with Crippen molar-refractivity contribution in [1.82, 2.24) is 4.90 Å². The van der Waals surface area contributed by atoms with Crippen molar-refractivity contribution in [2.24, 2.45) is 0 Å². The van der Waals surface area contributed by atoms with Gasteiger partial charge < -0.3 is 22.2 Å². The van der Waals surface area contributed by atoms with E-state index in [1.807, 2.05) is 13.0 Å². The number of hydrogen-bond acceptors (Lipinski definition) is 3. The quantitative estimate of drug-likeness (QED) is 0.631. The van der Waals surface area contributed by atoms with E-state index in [0.717, 1.165) is 20.5 Å². The van der Waals surface area contributed by atoms with Crippen molar-refractivity contribution in [3.8, 4) is 0 Å². The van der Waals surface area contributed by atoms with Crippen molar-refractivity contribution in [3.63, 3.8) is 0 Å². The van der Waals surface area contributed by atoms with E-state index in [0.29, 0.717) is 0 Å². The smallest absolute Gasteiger partial charge is 0.480 e. The van der Waals surface area contributed by atoms with E-state index in [4.69, 9.17) is 33.0 Å². The summed E-state index contributed by atoms with van der Waals surface area (Å²) in [4.78, 5) is 22.4. The molecule has 0 heterocycles. The van der Waals surface area contributed by atoms with Crippen LogP contribution in [0.5, 0.6) is 0 Å². The average Bonchev–Trinajstić information content (AvgIpc) is 2.32. The Labute approximate surface area is 213 Å². The molecule has 8 heteroatoms. The molecule has 0 aliphatic rings. The molecule has 1 aromatic carbocycles. The first kappa shape index (κ1) is 29.4. The van der Waals surface area contributed by atoms with Crippen LogP contribution in [0, 0.1) is 14.4 Å². The summed E-state index contributed by atoms with van der Waals surface area (Å²) in [6.45, 7) is 6.74. The molecule has 0 aliphatic heterocycles. The summed E-state index contributed by atoms with van der Waals surface area (Å²) >= 11 is 11.4. The number of carboxylic acids is 1. The van der Waals surface area contributed by atoms with Gasteiger partial charge in [0.1, 0.15) is 12.1 Å². The van der Waals surface area contributed by atoms with E-state index < -0.39 is 17.7 Å². The van der Waals surface area contributed by atoms with E-state index in [1.165, 1.54) is 7.05 Å². The van der Waals surface area contributed by atoms with Crippen LogP contribution >= 0.6 is 23.2 Å². The summed E-state index contributed by atoms with van der Waals surface area (Å²) in [7, 11) is 1.38. The predicted octanol–water partition coefficient (Wildman–Crippen LogP) is 1.69. The number of amides is 1. The zero-order chi connectivity index (χ0) is 17.5. The summed E-state index contributed by atoms with van der Waals surface area (Å²) in [5.41, 5.74) is 0.424. The molecule has 0 aromatic heterocycles. The van der Waals surface area contributed by atoms with Crippen LogP contribution in [0.25, 0.3) is 0 Å².